The lowest BCUT2D eigenvalue weighted by Crippen LogP contribution is -2.31. The maximum absolute atomic E-state index is 11.3. The molecule has 0 saturated carbocycles. The second-order valence-corrected chi connectivity index (χ2v) is 4.15. The van der Waals surface area contributed by atoms with Crippen molar-refractivity contribution in [2.75, 3.05) is 13.2 Å². The summed E-state index contributed by atoms with van der Waals surface area (Å²) in [5.74, 6) is 0.494. The van der Waals surface area contributed by atoms with Gasteiger partial charge in [-0.15, -0.1) is 0 Å². The maximum atomic E-state index is 11.3. The molecule has 0 heterocycles. The van der Waals surface area contributed by atoms with Crippen molar-refractivity contribution >= 4 is 17.5 Å². The summed E-state index contributed by atoms with van der Waals surface area (Å²) in [5.41, 5.74) is 0. The molecular weight excluding hydrogens is 242 g/mol. The van der Waals surface area contributed by atoms with Gasteiger partial charge in [0.2, 0.25) is 5.91 Å². The number of hydrogen-bond donors (Lipinski definition) is 2. The average Bonchev–Trinajstić information content (AvgIpc) is 2.26. The van der Waals surface area contributed by atoms with Crippen molar-refractivity contribution in [3.05, 3.63) is 29.3 Å². The van der Waals surface area contributed by atoms with E-state index in [1.54, 1.807) is 31.2 Å². The van der Waals surface area contributed by atoms with Crippen LogP contribution in [-0.2, 0) is 4.79 Å². The van der Waals surface area contributed by atoms with E-state index in [1.807, 2.05) is 0 Å². The average molecular weight is 258 g/mol. The summed E-state index contributed by atoms with van der Waals surface area (Å²) in [6.07, 6.45) is -0.285. The Kier molecular flexibility index (Phi) is 5.80. The number of nitrogens with one attached hydrogen (secondary N) is 1. The first-order valence-electron chi connectivity index (χ1n) is 5.41. The highest BCUT2D eigenvalue weighted by atomic mass is 35.5. The van der Waals surface area contributed by atoms with Crippen LogP contribution in [0.2, 0.25) is 5.02 Å². The van der Waals surface area contributed by atoms with Crippen molar-refractivity contribution in [3.8, 4) is 5.75 Å². The van der Waals surface area contributed by atoms with Gasteiger partial charge in [-0.3, -0.25) is 4.79 Å². The number of aliphatic hydroxyl groups excluding tert-OH is 1. The summed E-state index contributed by atoms with van der Waals surface area (Å²) < 4.78 is 5.36. The lowest BCUT2D eigenvalue weighted by Gasteiger charge is -2.08. The van der Waals surface area contributed by atoms with Gasteiger partial charge in [0.15, 0.2) is 0 Å². The van der Waals surface area contributed by atoms with Crippen molar-refractivity contribution in [1.29, 1.82) is 0 Å². The molecule has 2 N–H and O–H groups in total. The number of carbonyl (C=O) groups excluding carboxylic acids is 1. The summed E-state index contributed by atoms with van der Waals surface area (Å²) >= 11 is 5.78. The molecule has 0 bridgehead atoms. The third kappa shape index (κ3) is 6.14. The normalized spacial score (nSPS) is 11.9. The predicted molar refractivity (Wildman–Crippen MR) is 66.3 cm³/mol. The van der Waals surface area contributed by atoms with E-state index in [4.69, 9.17) is 21.4 Å². The van der Waals surface area contributed by atoms with E-state index in [0.717, 1.165) is 0 Å². The molecule has 1 aromatic rings. The lowest BCUT2D eigenvalue weighted by molar-refractivity contribution is -0.122. The molecule has 94 valence electrons. The number of benzene rings is 1. The Bertz CT molecular complexity index is 369. The number of hydrogen-bond acceptors (Lipinski definition) is 3. The third-order valence-corrected chi connectivity index (χ3v) is 2.22. The minimum Gasteiger partial charge on any atom is -0.493 e. The standard InChI is InChI=1S/C12H16ClNO3/c1-9(15)8-14-12(16)5-6-17-11-4-2-3-10(13)7-11/h2-4,7,9,15H,5-6,8H2,1H3,(H,14,16)/t9-/m0/s1. The highest BCUT2D eigenvalue weighted by Gasteiger charge is 2.03. The fourth-order valence-corrected chi connectivity index (χ4v) is 1.35. The number of rotatable bonds is 6. The first-order valence-corrected chi connectivity index (χ1v) is 5.79. The van der Waals surface area contributed by atoms with Gasteiger partial charge in [-0.1, -0.05) is 17.7 Å². The molecule has 4 nitrogen and oxygen atoms in total. The van der Waals surface area contributed by atoms with Crippen LogP contribution in [0, 0.1) is 0 Å². The van der Waals surface area contributed by atoms with E-state index < -0.39 is 6.10 Å². The van der Waals surface area contributed by atoms with Gasteiger partial charge in [0.05, 0.1) is 19.1 Å². The van der Waals surface area contributed by atoms with Gasteiger partial charge in [0.1, 0.15) is 5.75 Å². The molecule has 0 spiro atoms. The summed E-state index contributed by atoms with van der Waals surface area (Å²) in [5, 5.41) is 12.2. The minimum absolute atomic E-state index is 0.145. The molecule has 1 aromatic carbocycles. The van der Waals surface area contributed by atoms with Crippen LogP contribution in [0.15, 0.2) is 24.3 Å². The highest BCUT2D eigenvalue weighted by molar-refractivity contribution is 6.30. The highest BCUT2D eigenvalue weighted by Crippen LogP contribution is 2.16. The van der Waals surface area contributed by atoms with Crippen LogP contribution in [0.3, 0.4) is 0 Å². The molecule has 17 heavy (non-hydrogen) atoms. The van der Waals surface area contributed by atoms with Crippen molar-refractivity contribution in [3.63, 3.8) is 0 Å². The van der Waals surface area contributed by atoms with Crippen LogP contribution in [0.1, 0.15) is 13.3 Å². The van der Waals surface area contributed by atoms with Gasteiger partial charge in [0, 0.05) is 11.6 Å². The minimum atomic E-state index is -0.534. The zero-order valence-corrected chi connectivity index (χ0v) is 10.4. The van der Waals surface area contributed by atoms with Gasteiger partial charge in [-0.2, -0.15) is 0 Å². The molecule has 5 heteroatoms. The molecular formula is C12H16ClNO3. The van der Waals surface area contributed by atoms with Crippen LogP contribution < -0.4 is 10.1 Å². The van der Waals surface area contributed by atoms with Crippen molar-refractivity contribution in [1.82, 2.24) is 5.32 Å². The summed E-state index contributed by atoms with van der Waals surface area (Å²) in [7, 11) is 0. The first kappa shape index (κ1) is 13.8. The molecule has 1 rings (SSSR count). The molecule has 0 fully saturated rings. The summed E-state index contributed by atoms with van der Waals surface area (Å²) in [6.45, 7) is 2.16. The number of aliphatic hydroxyl groups is 1. The Balaban J connectivity index is 2.21. The first-order chi connectivity index (χ1) is 8.08. The summed E-state index contributed by atoms with van der Waals surface area (Å²) in [6, 6.07) is 7.00. The SMILES string of the molecule is C[C@H](O)CNC(=O)CCOc1cccc(Cl)c1. The Morgan fingerprint density at radius 2 is 2.35 bits per heavy atom. The van der Waals surface area contributed by atoms with Crippen molar-refractivity contribution in [2.45, 2.75) is 19.4 Å². The molecule has 0 aliphatic heterocycles. The second-order valence-electron chi connectivity index (χ2n) is 3.71. The van der Waals surface area contributed by atoms with Gasteiger partial charge >= 0.3 is 0 Å². The zero-order chi connectivity index (χ0) is 12.7. The number of carbonyl (C=O) groups is 1. The van der Waals surface area contributed by atoms with Crippen molar-refractivity contribution < 1.29 is 14.6 Å². The van der Waals surface area contributed by atoms with Crippen LogP contribution in [-0.4, -0.2) is 30.3 Å². The molecule has 1 atom stereocenters. The van der Waals surface area contributed by atoms with Gasteiger partial charge < -0.3 is 15.2 Å². The van der Waals surface area contributed by atoms with Crippen LogP contribution in [0.4, 0.5) is 0 Å². The van der Waals surface area contributed by atoms with Gasteiger partial charge in [-0.25, -0.2) is 0 Å². The van der Waals surface area contributed by atoms with Crippen LogP contribution >= 0.6 is 11.6 Å². The molecule has 0 aromatic heterocycles. The van der Waals surface area contributed by atoms with E-state index in [-0.39, 0.29) is 25.5 Å². The van der Waals surface area contributed by atoms with Gasteiger partial charge in [-0.05, 0) is 25.1 Å². The lowest BCUT2D eigenvalue weighted by atomic mass is 10.3. The fourth-order valence-electron chi connectivity index (χ4n) is 1.17. The molecule has 0 unspecified atom stereocenters. The molecule has 0 aliphatic rings. The second kappa shape index (κ2) is 7.14. The number of halogens is 1. The molecule has 0 saturated heterocycles. The largest absolute Gasteiger partial charge is 0.493 e. The fraction of sp³-hybridized carbons (Fsp3) is 0.417. The monoisotopic (exact) mass is 257 g/mol. The number of ether oxygens (including phenoxy) is 1. The quantitative estimate of drug-likeness (QED) is 0.814. The molecule has 0 radical (unpaired) electrons. The Morgan fingerprint density at radius 1 is 1.59 bits per heavy atom. The van der Waals surface area contributed by atoms with E-state index in [9.17, 15) is 4.79 Å². The van der Waals surface area contributed by atoms with E-state index in [0.29, 0.717) is 10.8 Å². The molecule has 1 amide bonds. The number of amides is 1. The summed E-state index contributed by atoms with van der Waals surface area (Å²) in [4.78, 5) is 11.3. The van der Waals surface area contributed by atoms with E-state index in [2.05, 4.69) is 5.32 Å². The zero-order valence-electron chi connectivity index (χ0n) is 9.65. The van der Waals surface area contributed by atoms with Gasteiger partial charge in [0.25, 0.3) is 0 Å². The smallest absolute Gasteiger partial charge is 0.223 e. The third-order valence-electron chi connectivity index (χ3n) is 1.99. The van der Waals surface area contributed by atoms with Crippen molar-refractivity contribution in [2.24, 2.45) is 0 Å². The predicted octanol–water partition coefficient (Wildman–Crippen LogP) is 1.61. The maximum Gasteiger partial charge on any atom is 0.223 e. The van der Waals surface area contributed by atoms with E-state index in [1.165, 1.54) is 0 Å². The Morgan fingerprint density at radius 3 is 3.00 bits per heavy atom. The topological polar surface area (TPSA) is 58.6 Å². The van der Waals surface area contributed by atoms with Crippen LogP contribution in [0.5, 0.6) is 5.75 Å². The Labute approximate surface area is 106 Å². The molecule has 0 aliphatic carbocycles. The Hall–Kier alpha value is -1.26. The van der Waals surface area contributed by atoms with Crippen LogP contribution in [0.25, 0.3) is 0 Å². The van der Waals surface area contributed by atoms with E-state index >= 15 is 0 Å².